The van der Waals surface area contributed by atoms with Gasteiger partial charge in [-0.15, -0.1) is 0 Å². The molecule has 0 saturated carbocycles. The van der Waals surface area contributed by atoms with Crippen LogP contribution < -0.4 is 10.1 Å². The minimum atomic E-state index is -0.463. The number of aryl methyl sites for hydroxylation is 2. The summed E-state index contributed by atoms with van der Waals surface area (Å²) in [5.74, 6) is 0.964. The predicted octanol–water partition coefficient (Wildman–Crippen LogP) is 3.61. The SMILES string of the molecule is CC(C)NC(C)(C#N)CCCOc1ccc2c(c1)CCC2. The zero-order valence-electron chi connectivity index (χ0n) is 13.4. The largest absolute Gasteiger partial charge is 0.494 e. The molecule has 0 aliphatic heterocycles. The molecule has 1 aliphatic rings. The molecule has 0 radical (unpaired) electrons. The molecule has 1 aliphatic carbocycles. The highest BCUT2D eigenvalue weighted by molar-refractivity contribution is 5.38. The van der Waals surface area contributed by atoms with E-state index in [-0.39, 0.29) is 0 Å². The topological polar surface area (TPSA) is 45.0 Å². The van der Waals surface area contributed by atoms with Crippen molar-refractivity contribution in [3.05, 3.63) is 29.3 Å². The highest BCUT2D eigenvalue weighted by atomic mass is 16.5. The molecule has 3 heteroatoms. The van der Waals surface area contributed by atoms with E-state index in [1.54, 1.807) is 0 Å². The van der Waals surface area contributed by atoms with E-state index in [9.17, 15) is 5.26 Å². The molecule has 1 atom stereocenters. The molecule has 114 valence electrons. The van der Waals surface area contributed by atoms with Crippen molar-refractivity contribution in [1.29, 1.82) is 5.26 Å². The summed E-state index contributed by atoms with van der Waals surface area (Å²) >= 11 is 0. The van der Waals surface area contributed by atoms with E-state index in [2.05, 4.69) is 43.4 Å². The Morgan fingerprint density at radius 1 is 1.33 bits per heavy atom. The molecule has 0 amide bonds. The van der Waals surface area contributed by atoms with Crippen molar-refractivity contribution in [3.8, 4) is 11.8 Å². The maximum absolute atomic E-state index is 9.30. The fourth-order valence-electron chi connectivity index (χ4n) is 3.05. The van der Waals surface area contributed by atoms with Crippen molar-refractivity contribution in [1.82, 2.24) is 5.32 Å². The number of nitrogens with one attached hydrogen (secondary N) is 1. The Morgan fingerprint density at radius 2 is 2.10 bits per heavy atom. The van der Waals surface area contributed by atoms with Crippen LogP contribution in [0.1, 0.15) is 51.2 Å². The molecule has 0 aromatic heterocycles. The van der Waals surface area contributed by atoms with E-state index >= 15 is 0 Å². The minimum Gasteiger partial charge on any atom is -0.494 e. The molecule has 2 rings (SSSR count). The lowest BCUT2D eigenvalue weighted by atomic mass is 9.97. The highest BCUT2D eigenvalue weighted by Gasteiger charge is 2.23. The van der Waals surface area contributed by atoms with Crippen LogP contribution in [0.25, 0.3) is 0 Å². The van der Waals surface area contributed by atoms with Crippen molar-refractivity contribution in [2.24, 2.45) is 0 Å². The Labute approximate surface area is 128 Å². The Kier molecular flexibility index (Phi) is 5.25. The molecule has 0 saturated heterocycles. The fourth-order valence-corrected chi connectivity index (χ4v) is 3.05. The lowest BCUT2D eigenvalue weighted by Crippen LogP contribution is -2.45. The smallest absolute Gasteiger partial charge is 0.119 e. The Bertz CT molecular complexity index is 518. The number of nitrogens with zero attached hydrogens (tertiary/aromatic N) is 1. The first-order chi connectivity index (χ1) is 10.0. The molecular weight excluding hydrogens is 260 g/mol. The summed E-state index contributed by atoms with van der Waals surface area (Å²) in [7, 11) is 0. The first-order valence-electron chi connectivity index (χ1n) is 7.96. The monoisotopic (exact) mass is 286 g/mol. The van der Waals surface area contributed by atoms with E-state index in [1.807, 2.05) is 6.92 Å². The number of ether oxygens (including phenoxy) is 1. The normalized spacial score (nSPS) is 16.3. The molecule has 1 aromatic rings. The molecule has 1 N–H and O–H groups in total. The van der Waals surface area contributed by atoms with Crippen LogP contribution in [0.15, 0.2) is 18.2 Å². The molecule has 1 unspecified atom stereocenters. The number of rotatable bonds is 7. The Balaban J connectivity index is 1.78. The number of benzene rings is 1. The van der Waals surface area contributed by atoms with Crippen LogP contribution in [0, 0.1) is 11.3 Å². The minimum absolute atomic E-state index is 0.312. The zero-order valence-corrected chi connectivity index (χ0v) is 13.4. The lowest BCUT2D eigenvalue weighted by Gasteiger charge is -2.25. The summed E-state index contributed by atoms with van der Waals surface area (Å²) in [6, 6.07) is 9.13. The van der Waals surface area contributed by atoms with Gasteiger partial charge in [0.05, 0.1) is 12.7 Å². The van der Waals surface area contributed by atoms with Gasteiger partial charge < -0.3 is 4.74 Å². The summed E-state index contributed by atoms with van der Waals surface area (Å²) in [4.78, 5) is 0. The van der Waals surface area contributed by atoms with Crippen molar-refractivity contribution in [2.75, 3.05) is 6.61 Å². The van der Waals surface area contributed by atoms with Crippen LogP contribution in [0.5, 0.6) is 5.75 Å². The van der Waals surface area contributed by atoms with E-state index < -0.39 is 5.54 Å². The number of hydrogen-bond donors (Lipinski definition) is 1. The first kappa shape index (κ1) is 15.9. The Hall–Kier alpha value is -1.53. The van der Waals surface area contributed by atoms with Crippen LogP contribution in [-0.4, -0.2) is 18.2 Å². The first-order valence-corrected chi connectivity index (χ1v) is 7.96. The van der Waals surface area contributed by atoms with Crippen LogP contribution in [-0.2, 0) is 12.8 Å². The van der Waals surface area contributed by atoms with Crippen LogP contribution >= 0.6 is 0 Å². The van der Waals surface area contributed by atoms with Gasteiger partial charge in [0.15, 0.2) is 0 Å². The predicted molar refractivity (Wildman–Crippen MR) is 85.5 cm³/mol. The molecule has 0 spiro atoms. The lowest BCUT2D eigenvalue weighted by molar-refractivity contribution is 0.280. The average molecular weight is 286 g/mol. The van der Waals surface area contributed by atoms with E-state index in [0.29, 0.717) is 12.6 Å². The summed E-state index contributed by atoms with van der Waals surface area (Å²) < 4.78 is 5.84. The van der Waals surface area contributed by atoms with Crippen molar-refractivity contribution in [2.45, 2.75) is 64.5 Å². The van der Waals surface area contributed by atoms with Gasteiger partial charge in [0.25, 0.3) is 0 Å². The van der Waals surface area contributed by atoms with Crippen molar-refractivity contribution < 1.29 is 4.74 Å². The highest BCUT2D eigenvalue weighted by Crippen LogP contribution is 2.26. The van der Waals surface area contributed by atoms with Crippen molar-refractivity contribution in [3.63, 3.8) is 0 Å². The second kappa shape index (κ2) is 6.95. The van der Waals surface area contributed by atoms with Gasteiger partial charge in [-0.25, -0.2) is 0 Å². The molecule has 3 nitrogen and oxygen atoms in total. The third-order valence-electron chi connectivity index (χ3n) is 4.01. The number of hydrogen-bond acceptors (Lipinski definition) is 3. The molecule has 0 fully saturated rings. The maximum atomic E-state index is 9.30. The summed E-state index contributed by atoms with van der Waals surface area (Å²) in [6.07, 6.45) is 5.32. The van der Waals surface area contributed by atoms with Gasteiger partial charge in [-0.05, 0) is 76.1 Å². The van der Waals surface area contributed by atoms with E-state index in [0.717, 1.165) is 18.6 Å². The van der Waals surface area contributed by atoms with Gasteiger partial charge in [-0.3, -0.25) is 5.32 Å². The van der Waals surface area contributed by atoms with Gasteiger partial charge in [0.2, 0.25) is 0 Å². The number of nitriles is 1. The molecular formula is C18H26N2O. The average Bonchev–Trinajstić information content (AvgIpc) is 2.90. The summed E-state index contributed by atoms with van der Waals surface area (Å²) in [6.45, 7) is 6.76. The van der Waals surface area contributed by atoms with Crippen LogP contribution in [0.2, 0.25) is 0 Å². The zero-order chi connectivity index (χ0) is 15.3. The third kappa shape index (κ3) is 4.47. The standard InChI is InChI=1S/C18H26N2O/c1-14(2)20-18(3,13-19)10-5-11-21-17-9-8-15-6-4-7-16(15)12-17/h8-9,12,14,20H,4-7,10-11H2,1-3H3. The van der Waals surface area contributed by atoms with Crippen molar-refractivity contribution >= 4 is 0 Å². The quantitative estimate of drug-likeness (QED) is 0.779. The third-order valence-corrected chi connectivity index (χ3v) is 4.01. The van der Waals surface area contributed by atoms with Crippen LogP contribution in [0.3, 0.4) is 0 Å². The van der Waals surface area contributed by atoms with E-state index in [1.165, 1.54) is 30.4 Å². The van der Waals surface area contributed by atoms with Crippen LogP contribution in [0.4, 0.5) is 0 Å². The molecule has 21 heavy (non-hydrogen) atoms. The van der Waals surface area contributed by atoms with Gasteiger partial charge in [0, 0.05) is 6.04 Å². The fraction of sp³-hybridized carbons (Fsp3) is 0.611. The summed E-state index contributed by atoms with van der Waals surface area (Å²) in [5.41, 5.74) is 2.45. The van der Waals surface area contributed by atoms with Gasteiger partial charge in [-0.1, -0.05) is 6.07 Å². The summed E-state index contributed by atoms with van der Waals surface area (Å²) in [5, 5.41) is 12.6. The molecule has 0 heterocycles. The maximum Gasteiger partial charge on any atom is 0.119 e. The Morgan fingerprint density at radius 3 is 2.81 bits per heavy atom. The van der Waals surface area contributed by atoms with Gasteiger partial charge >= 0.3 is 0 Å². The molecule has 0 bridgehead atoms. The van der Waals surface area contributed by atoms with Gasteiger partial charge in [-0.2, -0.15) is 5.26 Å². The number of fused-ring (bicyclic) bond motifs is 1. The second-order valence-corrected chi connectivity index (χ2v) is 6.48. The van der Waals surface area contributed by atoms with E-state index in [4.69, 9.17) is 4.74 Å². The van der Waals surface area contributed by atoms with Gasteiger partial charge in [0.1, 0.15) is 11.3 Å². The second-order valence-electron chi connectivity index (χ2n) is 6.48. The molecule has 1 aromatic carbocycles.